The molecule has 0 amide bonds. The van der Waals surface area contributed by atoms with Crippen LogP contribution in [0.2, 0.25) is 0 Å². The molecule has 1 saturated heterocycles. The number of hydrogen-bond donors (Lipinski definition) is 0. The van der Waals surface area contributed by atoms with Gasteiger partial charge in [-0.2, -0.15) is 0 Å². The second-order valence-corrected chi connectivity index (χ2v) is 6.19. The first-order valence-corrected chi connectivity index (χ1v) is 7.92. The average molecular weight is 309 g/mol. The summed E-state index contributed by atoms with van der Waals surface area (Å²) in [6.45, 7) is 3.63. The summed E-state index contributed by atoms with van der Waals surface area (Å²) >= 11 is 6.32. The van der Waals surface area contributed by atoms with E-state index < -0.39 is 0 Å². The maximum absolute atomic E-state index is 6.32. The first-order valence-electron chi connectivity index (χ1n) is 7.49. The van der Waals surface area contributed by atoms with Crippen LogP contribution in [-0.2, 0) is 11.3 Å². The third kappa shape index (κ3) is 3.01. The molecule has 3 rings (SSSR count). The SMILES string of the molecule is COc1ccc2c(c1)nc(C(C)Cl)n2CC1CCCCO1. The lowest BCUT2D eigenvalue weighted by Crippen LogP contribution is -2.25. The predicted octanol–water partition coefficient (Wildman–Crippen LogP) is 3.91. The maximum Gasteiger partial charge on any atom is 0.127 e. The van der Waals surface area contributed by atoms with Gasteiger partial charge in [0.1, 0.15) is 11.6 Å². The zero-order valence-electron chi connectivity index (χ0n) is 12.5. The molecule has 0 spiro atoms. The quantitative estimate of drug-likeness (QED) is 0.803. The highest BCUT2D eigenvalue weighted by atomic mass is 35.5. The van der Waals surface area contributed by atoms with E-state index in [4.69, 9.17) is 21.1 Å². The van der Waals surface area contributed by atoms with E-state index in [0.29, 0.717) is 0 Å². The van der Waals surface area contributed by atoms with Crippen LogP contribution >= 0.6 is 11.6 Å². The molecule has 1 aliphatic rings. The van der Waals surface area contributed by atoms with Gasteiger partial charge in [0.25, 0.3) is 0 Å². The lowest BCUT2D eigenvalue weighted by atomic mass is 10.1. The number of aromatic nitrogens is 2. The van der Waals surface area contributed by atoms with Crippen molar-refractivity contribution in [2.24, 2.45) is 0 Å². The maximum atomic E-state index is 6.32. The fourth-order valence-corrected chi connectivity index (χ4v) is 3.07. The summed E-state index contributed by atoms with van der Waals surface area (Å²) in [5, 5.41) is -0.132. The molecular formula is C16H21ClN2O2. The number of halogens is 1. The van der Waals surface area contributed by atoms with E-state index in [9.17, 15) is 0 Å². The molecule has 114 valence electrons. The molecule has 1 aromatic heterocycles. The van der Waals surface area contributed by atoms with Gasteiger partial charge in [-0.05, 0) is 38.3 Å². The minimum atomic E-state index is -0.132. The first-order chi connectivity index (χ1) is 10.2. The summed E-state index contributed by atoms with van der Waals surface area (Å²) in [5.74, 6) is 1.71. The summed E-state index contributed by atoms with van der Waals surface area (Å²) < 4.78 is 13.3. The number of nitrogens with zero attached hydrogens (tertiary/aromatic N) is 2. The molecule has 1 aromatic carbocycles. The minimum Gasteiger partial charge on any atom is -0.497 e. The van der Waals surface area contributed by atoms with Crippen LogP contribution in [0.25, 0.3) is 11.0 Å². The average Bonchev–Trinajstić information content (AvgIpc) is 2.86. The Labute approximate surface area is 130 Å². The van der Waals surface area contributed by atoms with E-state index >= 15 is 0 Å². The molecule has 5 heteroatoms. The first kappa shape index (κ1) is 14.7. The summed E-state index contributed by atoms with van der Waals surface area (Å²) in [4.78, 5) is 4.68. The molecule has 0 saturated carbocycles. The molecule has 2 atom stereocenters. The monoisotopic (exact) mass is 308 g/mol. The van der Waals surface area contributed by atoms with E-state index in [2.05, 4.69) is 9.55 Å². The number of benzene rings is 1. The Morgan fingerprint density at radius 1 is 1.48 bits per heavy atom. The summed E-state index contributed by atoms with van der Waals surface area (Å²) in [7, 11) is 1.67. The molecule has 1 aliphatic heterocycles. The van der Waals surface area contributed by atoms with Gasteiger partial charge < -0.3 is 14.0 Å². The van der Waals surface area contributed by atoms with Gasteiger partial charge in [-0.3, -0.25) is 0 Å². The van der Waals surface area contributed by atoms with E-state index in [-0.39, 0.29) is 11.5 Å². The number of alkyl halides is 1. The van der Waals surface area contributed by atoms with Crippen molar-refractivity contribution in [1.82, 2.24) is 9.55 Å². The van der Waals surface area contributed by atoms with Gasteiger partial charge in [-0.15, -0.1) is 11.6 Å². The van der Waals surface area contributed by atoms with Crippen LogP contribution < -0.4 is 4.74 Å². The van der Waals surface area contributed by atoms with Crippen LogP contribution in [-0.4, -0.2) is 29.4 Å². The third-order valence-corrected chi connectivity index (χ3v) is 4.20. The second-order valence-electron chi connectivity index (χ2n) is 5.54. The highest BCUT2D eigenvalue weighted by Gasteiger charge is 2.20. The number of ether oxygens (including phenoxy) is 2. The predicted molar refractivity (Wildman–Crippen MR) is 84.1 cm³/mol. The third-order valence-electron chi connectivity index (χ3n) is 4.00. The molecule has 4 nitrogen and oxygen atoms in total. The Morgan fingerprint density at radius 2 is 2.33 bits per heavy atom. The number of fused-ring (bicyclic) bond motifs is 1. The zero-order chi connectivity index (χ0) is 14.8. The molecule has 2 aromatic rings. The fraction of sp³-hybridized carbons (Fsp3) is 0.562. The Morgan fingerprint density at radius 3 is 3.00 bits per heavy atom. The van der Waals surface area contributed by atoms with Crippen molar-refractivity contribution < 1.29 is 9.47 Å². The summed E-state index contributed by atoms with van der Waals surface area (Å²) in [6.07, 6.45) is 3.76. The normalized spacial score (nSPS) is 20.6. The zero-order valence-corrected chi connectivity index (χ0v) is 13.3. The smallest absolute Gasteiger partial charge is 0.127 e. The van der Waals surface area contributed by atoms with Crippen LogP contribution in [0.15, 0.2) is 18.2 Å². The molecule has 2 unspecified atom stereocenters. The highest BCUT2D eigenvalue weighted by Crippen LogP contribution is 2.28. The molecule has 0 radical (unpaired) electrons. The molecule has 0 N–H and O–H groups in total. The Balaban J connectivity index is 1.99. The van der Waals surface area contributed by atoms with Crippen molar-refractivity contribution in [2.45, 2.75) is 44.2 Å². The molecule has 0 bridgehead atoms. The molecule has 1 fully saturated rings. The van der Waals surface area contributed by atoms with E-state index in [1.54, 1.807) is 7.11 Å². The summed E-state index contributed by atoms with van der Waals surface area (Å²) in [6, 6.07) is 5.97. The van der Waals surface area contributed by atoms with Crippen LogP contribution in [0.5, 0.6) is 5.75 Å². The van der Waals surface area contributed by atoms with E-state index in [1.807, 2.05) is 25.1 Å². The highest BCUT2D eigenvalue weighted by molar-refractivity contribution is 6.20. The number of imidazole rings is 1. The van der Waals surface area contributed by atoms with Crippen LogP contribution in [0.4, 0.5) is 0 Å². The molecule has 0 aliphatic carbocycles. The topological polar surface area (TPSA) is 36.3 Å². The van der Waals surface area contributed by atoms with Crippen molar-refractivity contribution in [3.8, 4) is 5.75 Å². The van der Waals surface area contributed by atoms with Gasteiger partial charge in [0.05, 0.1) is 36.2 Å². The molecule has 21 heavy (non-hydrogen) atoms. The van der Waals surface area contributed by atoms with E-state index in [1.165, 1.54) is 6.42 Å². The standard InChI is InChI=1S/C16H21ClN2O2/c1-11(17)16-18-14-9-12(20-2)6-7-15(14)19(16)10-13-5-3-4-8-21-13/h6-7,9,11,13H,3-5,8,10H2,1-2H3. The minimum absolute atomic E-state index is 0.132. The Bertz CT molecular complexity index is 618. The van der Waals surface area contributed by atoms with Crippen LogP contribution in [0, 0.1) is 0 Å². The van der Waals surface area contributed by atoms with Crippen molar-refractivity contribution in [3.63, 3.8) is 0 Å². The molecule has 2 heterocycles. The fourth-order valence-electron chi connectivity index (χ4n) is 2.91. The second kappa shape index (κ2) is 6.24. The van der Waals surface area contributed by atoms with Gasteiger partial charge in [-0.25, -0.2) is 4.98 Å². The Kier molecular flexibility index (Phi) is 4.36. The van der Waals surface area contributed by atoms with E-state index in [0.717, 1.165) is 48.6 Å². The van der Waals surface area contributed by atoms with Crippen molar-refractivity contribution in [3.05, 3.63) is 24.0 Å². The Hall–Kier alpha value is -1.26. The lowest BCUT2D eigenvalue weighted by Gasteiger charge is -2.24. The summed E-state index contributed by atoms with van der Waals surface area (Å²) in [5.41, 5.74) is 2.01. The van der Waals surface area contributed by atoms with Crippen molar-refractivity contribution >= 4 is 22.6 Å². The van der Waals surface area contributed by atoms with Gasteiger partial charge in [-0.1, -0.05) is 0 Å². The van der Waals surface area contributed by atoms with Crippen LogP contribution in [0.1, 0.15) is 37.4 Å². The largest absolute Gasteiger partial charge is 0.497 e. The number of methoxy groups -OCH3 is 1. The van der Waals surface area contributed by atoms with Gasteiger partial charge in [0, 0.05) is 12.7 Å². The number of hydrogen-bond acceptors (Lipinski definition) is 3. The van der Waals surface area contributed by atoms with Crippen LogP contribution in [0.3, 0.4) is 0 Å². The van der Waals surface area contributed by atoms with Gasteiger partial charge in [0.2, 0.25) is 0 Å². The van der Waals surface area contributed by atoms with Gasteiger partial charge >= 0.3 is 0 Å². The lowest BCUT2D eigenvalue weighted by molar-refractivity contribution is 0.00619. The van der Waals surface area contributed by atoms with Crippen molar-refractivity contribution in [1.29, 1.82) is 0 Å². The molecular weight excluding hydrogens is 288 g/mol. The number of rotatable bonds is 4. The van der Waals surface area contributed by atoms with Gasteiger partial charge in [0.15, 0.2) is 0 Å². The van der Waals surface area contributed by atoms with Crippen molar-refractivity contribution in [2.75, 3.05) is 13.7 Å².